The van der Waals surface area contributed by atoms with Crippen LogP contribution in [0.4, 0.5) is 10.1 Å². The lowest BCUT2D eigenvalue weighted by Crippen LogP contribution is -2.31. The quantitative estimate of drug-likeness (QED) is 0.894. The van der Waals surface area contributed by atoms with Gasteiger partial charge < -0.3 is 10.4 Å². The highest BCUT2D eigenvalue weighted by Crippen LogP contribution is 2.30. The molecule has 0 saturated heterocycles. The van der Waals surface area contributed by atoms with Crippen molar-refractivity contribution in [2.24, 2.45) is 11.8 Å². The second-order valence-electron chi connectivity index (χ2n) is 5.37. The van der Waals surface area contributed by atoms with E-state index in [0.717, 1.165) is 5.56 Å². The van der Waals surface area contributed by atoms with Crippen molar-refractivity contribution in [2.75, 3.05) is 5.32 Å². The molecule has 5 heteroatoms. The summed E-state index contributed by atoms with van der Waals surface area (Å²) in [6.45, 7) is 1.82. The molecule has 1 amide bonds. The van der Waals surface area contributed by atoms with Crippen molar-refractivity contribution in [1.29, 1.82) is 0 Å². The highest BCUT2D eigenvalue weighted by molar-refractivity contribution is 5.93. The first kappa shape index (κ1) is 14.5. The van der Waals surface area contributed by atoms with Crippen LogP contribution in [0.3, 0.4) is 0 Å². The smallest absolute Gasteiger partial charge is 0.306 e. The van der Waals surface area contributed by atoms with Gasteiger partial charge in [0.1, 0.15) is 5.82 Å². The Balaban J connectivity index is 2.04. The van der Waals surface area contributed by atoms with Crippen LogP contribution < -0.4 is 5.32 Å². The Morgan fingerprint density at radius 2 is 2.00 bits per heavy atom. The molecule has 1 aromatic carbocycles. The average Bonchev–Trinajstić information content (AvgIpc) is 2.43. The summed E-state index contributed by atoms with van der Waals surface area (Å²) < 4.78 is 13.6. The summed E-state index contributed by atoms with van der Waals surface area (Å²) in [5, 5.41) is 11.6. The lowest BCUT2D eigenvalue weighted by molar-refractivity contribution is -0.143. The standard InChI is InChI=1S/C15H18FNO3/c1-9-5-6-12(16)13(7-9)17-14(18)10-3-2-4-11(8-10)15(19)20/h5-7,10-11H,2-4,8H2,1H3,(H,17,18)(H,19,20). The van der Waals surface area contributed by atoms with E-state index in [4.69, 9.17) is 5.11 Å². The molecular formula is C15H18FNO3. The highest BCUT2D eigenvalue weighted by Gasteiger charge is 2.31. The molecule has 0 aliphatic heterocycles. The summed E-state index contributed by atoms with van der Waals surface area (Å²) >= 11 is 0. The minimum Gasteiger partial charge on any atom is -0.481 e. The molecular weight excluding hydrogens is 261 g/mol. The normalized spacial score (nSPS) is 22.3. The zero-order valence-corrected chi connectivity index (χ0v) is 11.4. The number of carbonyl (C=O) groups excluding carboxylic acids is 1. The van der Waals surface area contributed by atoms with Gasteiger partial charge in [-0.3, -0.25) is 9.59 Å². The van der Waals surface area contributed by atoms with Gasteiger partial charge in [0, 0.05) is 5.92 Å². The number of hydrogen-bond donors (Lipinski definition) is 2. The first-order valence-corrected chi connectivity index (χ1v) is 6.77. The number of halogens is 1. The van der Waals surface area contributed by atoms with Crippen LogP contribution in [0.15, 0.2) is 18.2 Å². The number of benzene rings is 1. The molecule has 2 atom stereocenters. The van der Waals surface area contributed by atoms with Crippen LogP contribution in [0.2, 0.25) is 0 Å². The number of hydrogen-bond acceptors (Lipinski definition) is 2. The number of amides is 1. The summed E-state index contributed by atoms with van der Waals surface area (Å²) in [4.78, 5) is 23.1. The van der Waals surface area contributed by atoms with Crippen molar-refractivity contribution in [1.82, 2.24) is 0 Å². The molecule has 20 heavy (non-hydrogen) atoms. The number of carboxylic acid groups (broad SMARTS) is 1. The molecule has 0 heterocycles. The summed E-state index contributed by atoms with van der Waals surface area (Å²) in [7, 11) is 0. The molecule has 0 spiro atoms. The molecule has 1 aromatic rings. The second kappa shape index (κ2) is 6.03. The van der Waals surface area contributed by atoms with Gasteiger partial charge in [0.05, 0.1) is 11.6 Å². The largest absolute Gasteiger partial charge is 0.481 e. The maximum absolute atomic E-state index is 13.6. The van der Waals surface area contributed by atoms with E-state index in [2.05, 4.69) is 5.32 Å². The molecule has 1 aliphatic carbocycles. The van der Waals surface area contributed by atoms with Gasteiger partial charge in [-0.2, -0.15) is 0 Å². The second-order valence-corrected chi connectivity index (χ2v) is 5.37. The number of aryl methyl sites for hydroxylation is 1. The molecule has 1 aliphatic rings. The van der Waals surface area contributed by atoms with Crippen molar-refractivity contribution in [2.45, 2.75) is 32.6 Å². The van der Waals surface area contributed by atoms with Crippen LogP contribution >= 0.6 is 0 Å². The minimum absolute atomic E-state index is 0.160. The molecule has 2 unspecified atom stereocenters. The lowest BCUT2D eigenvalue weighted by atomic mass is 9.81. The van der Waals surface area contributed by atoms with E-state index in [0.29, 0.717) is 25.7 Å². The number of carbonyl (C=O) groups is 2. The van der Waals surface area contributed by atoms with Gasteiger partial charge in [0.15, 0.2) is 0 Å². The summed E-state index contributed by atoms with van der Waals surface area (Å²) in [6.07, 6.45) is 2.31. The van der Waals surface area contributed by atoms with Gasteiger partial charge >= 0.3 is 5.97 Å². The lowest BCUT2D eigenvalue weighted by Gasteiger charge is -2.25. The first-order valence-electron chi connectivity index (χ1n) is 6.77. The molecule has 4 nitrogen and oxygen atoms in total. The third kappa shape index (κ3) is 3.35. The van der Waals surface area contributed by atoms with Crippen molar-refractivity contribution >= 4 is 17.6 Å². The number of carboxylic acids is 1. The first-order chi connectivity index (χ1) is 9.47. The van der Waals surface area contributed by atoms with Crippen LogP contribution in [0, 0.1) is 24.6 Å². The average molecular weight is 279 g/mol. The zero-order chi connectivity index (χ0) is 14.7. The predicted molar refractivity (Wildman–Crippen MR) is 72.9 cm³/mol. The van der Waals surface area contributed by atoms with Gasteiger partial charge in [-0.25, -0.2) is 4.39 Å². The third-order valence-electron chi connectivity index (χ3n) is 3.77. The van der Waals surface area contributed by atoms with Crippen molar-refractivity contribution in [3.8, 4) is 0 Å². The van der Waals surface area contributed by atoms with Gasteiger partial charge in [-0.1, -0.05) is 12.5 Å². The van der Waals surface area contributed by atoms with E-state index < -0.39 is 17.7 Å². The van der Waals surface area contributed by atoms with Gasteiger partial charge in [0.2, 0.25) is 5.91 Å². The topological polar surface area (TPSA) is 66.4 Å². The molecule has 1 fully saturated rings. The Bertz CT molecular complexity index is 530. The van der Waals surface area contributed by atoms with E-state index in [1.54, 1.807) is 12.1 Å². The van der Waals surface area contributed by atoms with Crippen molar-refractivity contribution in [3.63, 3.8) is 0 Å². The Morgan fingerprint density at radius 1 is 1.30 bits per heavy atom. The highest BCUT2D eigenvalue weighted by atomic mass is 19.1. The van der Waals surface area contributed by atoms with E-state index in [9.17, 15) is 14.0 Å². The molecule has 2 N–H and O–H groups in total. The molecule has 2 rings (SSSR count). The van der Waals surface area contributed by atoms with Crippen LogP contribution in [0.1, 0.15) is 31.2 Å². The van der Waals surface area contributed by atoms with Gasteiger partial charge in [-0.05, 0) is 43.9 Å². The molecule has 0 aromatic heterocycles. The van der Waals surface area contributed by atoms with E-state index in [-0.39, 0.29) is 17.5 Å². The maximum Gasteiger partial charge on any atom is 0.306 e. The van der Waals surface area contributed by atoms with Crippen molar-refractivity contribution < 1.29 is 19.1 Å². The molecule has 0 bridgehead atoms. The van der Waals surface area contributed by atoms with E-state index >= 15 is 0 Å². The van der Waals surface area contributed by atoms with E-state index in [1.807, 2.05) is 6.92 Å². The Hall–Kier alpha value is -1.91. The van der Waals surface area contributed by atoms with Crippen LogP contribution in [-0.2, 0) is 9.59 Å². The monoisotopic (exact) mass is 279 g/mol. The summed E-state index contributed by atoms with van der Waals surface area (Å²) in [5.74, 6) is -2.45. The van der Waals surface area contributed by atoms with Gasteiger partial charge in [-0.15, -0.1) is 0 Å². The number of anilines is 1. The molecule has 108 valence electrons. The number of rotatable bonds is 3. The fourth-order valence-electron chi connectivity index (χ4n) is 2.62. The summed E-state index contributed by atoms with van der Waals surface area (Å²) in [6, 6.07) is 4.52. The van der Waals surface area contributed by atoms with Crippen LogP contribution in [0.25, 0.3) is 0 Å². The molecule has 1 saturated carbocycles. The van der Waals surface area contributed by atoms with Crippen LogP contribution in [-0.4, -0.2) is 17.0 Å². The molecule has 0 radical (unpaired) electrons. The fraction of sp³-hybridized carbons (Fsp3) is 0.467. The van der Waals surface area contributed by atoms with Crippen molar-refractivity contribution in [3.05, 3.63) is 29.6 Å². The Labute approximate surface area is 117 Å². The Morgan fingerprint density at radius 3 is 2.70 bits per heavy atom. The number of nitrogens with one attached hydrogen (secondary N) is 1. The predicted octanol–water partition coefficient (Wildman–Crippen LogP) is 2.96. The number of aliphatic carboxylic acids is 1. The van der Waals surface area contributed by atoms with Gasteiger partial charge in [0.25, 0.3) is 0 Å². The fourth-order valence-corrected chi connectivity index (χ4v) is 2.62. The minimum atomic E-state index is -0.857. The van der Waals surface area contributed by atoms with E-state index in [1.165, 1.54) is 6.07 Å². The Kier molecular flexibility index (Phi) is 4.37. The third-order valence-corrected chi connectivity index (χ3v) is 3.77. The maximum atomic E-state index is 13.6. The summed E-state index contributed by atoms with van der Waals surface area (Å²) in [5.41, 5.74) is 1.02. The SMILES string of the molecule is Cc1ccc(F)c(NC(=O)C2CCCC(C(=O)O)C2)c1. The zero-order valence-electron chi connectivity index (χ0n) is 11.4. The van der Waals surface area contributed by atoms with Crippen LogP contribution in [0.5, 0.6) is 0 Å².